The van der Waals surface area contributed by atoms with Crippen LogP contribution in [0.3, 0.4) is 0 Å². The van der Waals surface area contributed by atoms with Gasteiger partial charge in [0.2, 0.25) is 5.91 Å². The van der Waals surface area contributed by atoms with Crippen LogP contribution < -0.4 is 10.2 Å². The highest BCUT2D eigenvalue weighted by molar-refractivity contribution is 7.99. The predicted molar refractivity (Wildman–Crippen MR) is 97.6 cm³/mol. The number of hydrogen-bond acceptors (Lipinski definition) is 5. The van der Waals surface area contributed by atoms with E-state index in [1.54, 1.807) is 38.3 Å². The lowest BCUT2D eigenvalue weighted by Gasteiger charge is -2.05. The molecule has 0 radical (unpaired) electrons. The largest absolute Gasteiger partial charge is 0.507 e. The SMILES string of the molecule is COc1ccc(CSCC(=O)N/N=C(/C)c2ccccc2O)cc1. The topological polar surface area (TPSA) is 70.9 Å². The minimum absolute atomic E-state index is 0.141. The van der Waals surface area contributed by atoms with Crippen molar-refractivity contribution in [1.82, 2.24) is 5.43 Å². The Hall–Kier alpha value is -2.47. The normalized spacial score (nSPS) is 11.2. The van der Waals surface area contributed by atoms with Gasteiger partial charge >= 0.3 is 0 Å². The maximum absolute atomic E-state index is 11.8. The molecule has 0 fully saturated rings. The van der Waals surface area contributed by atoms with Crippen molar-refractivity contribution < 1.29 is 14.6 Å². The maximum atomic E-state index is 11.8. The number of hydrogen-bond donors (Lipinski definition) is 2. The van der Waals surface area contributed by atoms with Gasteiger partial charge in [0, 0.05) is 11.3 Å². The number of nitrogens with zero attached hydrogens (tertiary/aromatic N) is 1. The number of aromatic hydroxyl groups is 1. The molecule has 0 saturated heterocycles. The number of carbonyl (C=O) groups is 1. The summed E-state index contributed by atoms with van der Waals surface area (Å²) in [5, 5.41) is 13.8. The molecular formula is C18H20N2O3S. The third kappa shape index (κ3) is 5.31. The molecule has 0 spiro atoms. The van der Waals surface area contributed by atoms with Gasteiger partial charge in [0.15, 0.2) is 0 Å². The first-order valence-corrected chi connectivity index (χ1v) is 8.58. The highest BCUT2D eigenvalue weighted by atomic mass is 32.2. The van der Waals surface area contributed by atoms with Gasteiger partial charge in [-0.15, -0.1) is 11.8 Å². The monoisotopic (exact) mass is 344 g/mol. The first kappa shape index (κ1) is 17.9. The van der Waals surface area contributed by atoms with E-state index in [0.29, 0.717) is 17.0 Å². The van der Waals surface area contributed by atoms with Crippen molar-refractivity contribution in [3.05, 3.63) is 59.7 Å². The van der Waals surface area contributed by atoms with Gasteiger partial charge in [-0.1, -0.05) is 24.3 Å². The first-order valence-electron chi connectivity index (χ1n) is 7.42. The van der Waals surface area contributed by atoms with Crippen LogP contribution in [0.1, 0.15) is 18.1 Å². The molecule has 24 heavy (non-hydrogen) atoms. The van der Waals surface area contributed by atoms with Gasteiger partial charge in [-0.25, -0.2) is 5.43 Å². The molecule has 1 amide bonds. The second-order valence-corrected chi connectivity index (χ2v) is 6.08. The lowest BCUT2D eigenvalue weighted by molar-refractivity contribution is -0.118. The van der Waals surface area contributed by atoms with E-state index in [-0.39, 0.29) is 11.7 Å². The highest BCUT2D eigenvalue weighted by Crippen LogP contribution is 2.17. The quantitative estimate of drug-likeness (QED) is 0.598. The predicted octanol–water partition coefficient (Wildman–Crippen LogP) is 3.17. The second-order valence-electron chi connectivity index (χ2n) is 5.09. The van der Waals surface area contributed by atoms with Crippen LogP contribution in [0.5, 0.6) is 11.5 Å². The van der Waals surface area contributed by atoms with Crippen LogP contribution in [-0.4, -0.2) is 29.6 Å². The summed E-state index contributed by atoms with van der Waals surface area (Å²) in [6, 6.07) is 14.6. The molecular weight excluding hydrogens is 324 g/mol. The van der Waals surface area contributed by atoms with Gasteiger partial charge in [0.05, 0.1) is 18.6 Å². The van der Waals surface area contributed by atoms with Crippen molar-refractivity contribution in [2.45, 2.75) is 12.7 Å². The number of rotatable bonds is 7. The minimum Gasteiger partial charge on any atom is -0.507 e. The summed E-state index contributed by atoms with van der Waals surface area (Å²) in [5.74, 6) is 1.82. The number of para-hydroxylation sites is 1. The Labute approximate surface area is 145 Å². The molecule has 0 saturated carbocycles. The van der Waals surface area contributed by atoms with E-state index in [1.165, 1.54) is 11.8 Å². The second kappa shape index (κ2) is 8.98. The fourth-order valence-corrected chi connectivity index (χ4v) is 2.78. The molecule has 126 valence electrons. The van der Waals surface area contributed by atoms with Gasteiger partial charge in [-0.2, -0.15) is 5.10 Å². The molecule has 0 aliphatic heterocycles. The summed E-state index contributed by atoms with van der Waals surface area (Å²) in [6.07, 6.45) is 0. The van der Waals surface area contributed by atoms with Gasteiger partial charge < -0.3 is 9.84 Å². The molecule has 0 aromatic heterocycles. The zero-order valence-corrected chi connectivity index (χ0v) is 14.5. The van der Waals surface area contributed by atoms with Crippen LogP contribution in [0.4, 0.5) is 0 Å². The molecule has 0 unspecified atom stereocenters. The van der Waals surface area contributed by atoms with Crippen molar-refractivity contribution in [1.29, 1.82) is 0 Å². The Morgan fingerprint density at radius 2 is 1.92 bits per heavy atom. The fraction of sp³-hybridized carbons (Fsp3) is 0.222. The summed E-state index contributed by atoms with van der Waals surface area (Å²) in [6.45, 7) is 1.74. The molecule has 0 bridgehead atoms. The molecule has 2 aromatic carbocycles. The molecule has 2 rings (SSSR count). The van der Waals surface area contributed by atoms with E-state index in [0.717, 1.165) is 17.1 Å². The Balaban J connectivity index is 1.78. The van der Waals surface area contributed by atoms with E-state index < -0.39 is 0 Å². The van der Waals surface area contributed by atoms with Gasteiger partial charge in [0.1, 0.15) is 11.5 Å². The number of ether oxygens (including phenoxy) is 1. The summed E-state index contributed by atoms with van der Waals surface area (Å²) >= 11 is 1.51. The zero-order valence-electron chi connectivity index (χ0n) is 13.7. The number of hydrazone groups is 1. The smallest absolute Gasteiger partial charge is 0.250 e. The molecule has 2 N–H and O–H groups in total. The zero-order chi connectivity index (χ0) is 17.4. The van der Waals surface area contributed by atoms with Crippen molar-refractivity contribution >= 4 is 23.4 Å². The minimum atomic E-state index is -0.178. The van der Waals surface area contributed by atoms with E-state index >= 15 is 0 Å². The van der Waals surface area contributed by atoms with E-state index in [1.807, 2.05) is 24.3 Å². The fourth-order valence-electron chi connectivity index (χ4n) is 2.00. The summed E-state index contributed by atoms with van der Waals surface area (Å²) in [4.78, 5) is 11.8. The van der Waals surface area contributed by atoms with Crippen molar-refractivity contribution in [3.63, 3.8) is 0 Å². The van der Waals surface area contributed by atoms with E-state index in [9.17, 15) is 9.90 Å². The molecule has 2 aromatic rings. The standard InChI is InChI=1S/C18H20N2O3S/c1-13(16-5-3-4-6-17(16)21)19-20-18(22)12-24-11-14-7-9-15(23-2)10-8-14/h3-10,21H,11-12H2,1-2H3,(H,20,22)/b19-13-. The van der Waals surface area contributed by atoms with Crippen molar-refractivity contribution in [2.24, 2.45) is 5.10 Å². The maximum Gasteiger partial charge on any atom is 0.250 e. The Kier molecular flexibility index (Phi) is 6.69. The number of phenolic OH excluding ortho intramolecular Hbond substituents is 1. The highest BCUT2D eigenvalue weighted by Gasteiger charge is 2.05. The number of amides is 1. The third-order valence-corrected chi connectivity index (χ3v) is 4.31. The van der Waals surface area contributed by atoms with Gasteiger partial charge in [-0.05, 0) is 36.8 Å². The molecule has 0 atom stereocenters. The number of carbonyl (C=O) groups excluding carboxylic acids is 1. The average molecular weight is 344 g/mol. The van der Waals surface area contributed by atoms with Gasteiger partial charge in [0.25, 0.3) is 0 Å². The Bertz CT molecular complexity index is 714. The number of phenols is 1. The van der Waals surface area contributed by atoms with Crippen LogP contribution in [-0.2, 0) is 10.5 Å². The molecule has 6 heteroatoms. The van der Waals surface area contributed by atoms with Crippen LogP contribution >= 0.6 is 11.8 Å². The summed E-state index contributed by atoms with van der Waals surface area (Å²) in [5.41, 5.74) is 4.79. The van der Waals surface area contributed by atoms with Crippen molar-refractivity contribution in [2.75, 3.05) is 12.9 Å². The molecule has 0 aliphatic carbocycles. The summed E-state index contributed by atoms with van der Waals surface area (Å²) < 4.78 is 5.11. The molecule has 5 nitrogen and oxygen atoms in total. The first-order chi connectivity index (χ1) is 11.6. The third-order valence-electron chi connectivity index (χ3n) is 3.30. The van der Waals surface area contributed by atoms with Gasteiger partial charge in [-0.3, -0.25) is 4.79 Å². The number of nitrogens with one attached hydrogen (secondary N) is 1. The Morgan fingerprint density at radius 1 is 1.21 bits per heavy atom. The number of benzene rings is 2. The molecule has 0 aliphatic rings. The van der Waals surface area contributed by atoms with Crippen LogP contribution in [0, 0.1) is 0 Å². The lowest BCUT2D eigenvalue weighted by Crippen LogP contribution is -2.21. The van der Waals surface area contributed by atoms with Crippen molar-refractivity contribution in [3.8, 4) is 11.5 Å². The summed E-state index contributed by atoms with van der Waals surface area (Å²) in [7, 11) is 1.63. The van der Waals surface area contributed by atoms with Crippen LogP contribution in [0.25, 0.3) is 0 Å². The lowest BCUT2D eigenvalue weighted by atomic mass is 10.1. The molecule has 0 heterocycles. The van der Waals surface area contributed by atoms with Crippen LogP contribution in [0.15, 0.2) is 53.6 Å². The van der Waals surface area contributed by atoms with Crippen LogP contribution in [0.2, 0.25) is 0 Å². The number of methoxy groups -OCH3 is 1. The van der Waals surface area contributed by atoms with E-state index in [4.69, 9.17) is 4.74 Å². The average Bonchev–Trinajstić information content (AvgIpc) is 2.60. The Morgan fingerprint density at radius 3 is 2.58 bits per heavy atom. The van der Waals surface area contributed by atoms with E-state index in [2.05, 4.69) is 10.5 Å². The number of thioether (sulfide) groups is 1.